The third-order valence-electron chi connectivity index (χ3n) is 4.07. The summed E-state index contributed by atoms with van der Waals surface area (Å²) in [5.41, 5.74) is 0. The molecule has 1 heterocycles. The van der Waals surface area contributed by atoms with Crippen LogP contribution in [0.15, 0.2) is 53.9 Å². The molecule has 2 N–H and O–H groups in total. The normalized spacial score (nSPS) is 14.8. The first kappa shape index (κ1) is 18.2. The molecule has 1 fully saturated rings. The third-order valence-corrected chi connectivity index (χ3v) is 5.44. The van der Waals surface area contributed by atoms with E-state index in [0.717, 1.165) is 12.8 Å². The molecule has 0 aliphatic heterocycles. The van der Waals surface area contributed by atoms with Crippen molar-refractivity contribution in [2.75, 3.05) is 16.6 Å². The van der Waals surface area contributed by atoms with Crippen molar-refractivity contribution in [2.45, 2.75) is 36.7 Å². The molecule has 0 bridgehead atoms. The Kier molecular flexibility index (Phi) is 5.72. The quantitative estimate of drug-likeness (QED) is 0.689. The van der Waals surface area contributed by atoms with Crippen LogP contribution in [0.5, 0.6) is 5.75 Å². The van der Waals surface area contributed by atoms with Gasteiger partial charge in [0.1, 0.15) is 11.6 Å². The summed E-state index contributed by atoms with van der Waals surface area (Å²) in [5, 5.41) is 10.7. The van der Waals surface area contributed by atoms with Crippen LogP contribution in [-0.2, 0) is 10.0 Å². The number of anilines is 2. The molecule has 0 radical (unpaired) electrons. The largest absolute Gasteiger partial charge is 0.490 e. The van der Waals surface area contributed by atoms with Crippen LogP contribution < -0.4 is 14.8 Å². The van der Waals surface area contributed by atoms with Gasteiger partial charge in [-0.2, -0.15) is 0 Å². The first-order chi connectivity index (χ1) is 12.6. The second-order valence-electron chi connectivity index (χ2n) is 6.07. The topological polar surface area (TPSA) is 93.2 Å². The highest BCUT2D eigenvalue weighted by Crippen LogP contribution is 2.25. The van der Waals surface area contributed by atoms with E-state index in [1.165, 1.54) is 25.0 Å². The van der Waals surface area contributed by atoms with E-state index in [1.807, 2.05) is 0 Å². The van der Waals surface area contributed by atoms with Gasteiger partial charge in [0, 0.05) is 6.54 Å². The Hall–Kier alpha value is -2.61. The molecule has 0 amide bonds. The summed E-state index contributed by atoms with van der Waals surface area (Å²) in [7, 11) is -3.73. The molecule has 138 valence electrons. The summed E-state index contributed by atoms with van der Waals surface area (Å²) in [6.45, 7) is 4.15. The lowest BCUT2D eigenvalue weighted by atomic mass is 10.3. The van der Waals surface area contributed by atoms with Gasteiger partial charge in [-0.15, -0.1) is 16.8 Å². The van der Waals surface area contributed by atoms with Crippen molar-refractivity contribution in [1.82, 2.24) is 10.2 Å². The van der Waals surface area contributed by atoms with E-state index in [4.69, 9.17) is 4.74 Å². The highest BCUT2D eigenvalue weighted by Gasteiger charge is 2.18. The lowest BCUT2D eigenvalue weighted by Crippen LogP contribution is -2.15. The highest BCUT2D eigenvalue weighted by atomic mass is 32.2. The first-order valence-electron chi connectivity index (χ1n) is 8.55. The van der Waals surface area contributed by atoms with Gasteiger partial charge < -0.3 is 10.1 Å². The molecule has 2 aromatic rings. The molecule has 1 aromatic heterocycles. The fourth-order valence-corrected chi connectivity index (χ4v) is 3.75. The van der Waals surface area contributed by atoms with Crippen molar-refractivity contribution in [2.24, 2.45) is 0 Å². The molecule has 7 nitrogen and oxygen atoms in total. The molecule has 1 aliphatic carbocycles. The Bertz CT molecular complexity index is 830. The smallest absolute Gasteiger partial charge is 0.263 e. The van der Waals surface area contributed by atoms with Crippen molar-refractivity contribution >= 4 is 21.7 Å². The van der Waals surface area contributed by atoms with E-state index < -0.39 is 10.0 Å². The number of rotatable bonds is 8. The molecule has 1 aliphatic rings. The van der Waals surface area contributed by atoms with Gasteiger partial charge in [0.05, 0.1) is 11.0 Å². The van der Waals surface area contributed by atoms with Crippen molar-refractivity contribution in [3.05, 3.63) is 49.1 Å². The SMILES string of the molecule is C=CCNc1ccc(NS(=O)(=O)c2ccc(OC3CCCC3)cc2)nn1. The Balaban J connectivity index is 1.64. The maximum Gasteiger partial charge on any atom is 0.263 e. The second-order valence-corrected chi connectivity index (χ2v) is 7.76. The minimum Gasteiger partial charge on any atom is -0.490 e. The molecule has 8 heteroatoms. The summed E-state index contributed by atoms with van der Waals surface area (Å²) >= 11 is 0. The molecule has 0 spiro atoms. The predicted molar refractivity (Wildman–Crippen MR) is 101 cm³/mol. The van der Waals surface area contributed by atoms with Crippen molar-refractivity contribution in [3.8, 4) is 5.75 Å². The average molecular weight is 374 g/mol. The van der Waals surface area contributed by atoms with Gasteiger partial charge in [-0.3, -0.25) is 4.72 Å². The van der Waals surface area contributed by atoms with E-state index in [0.29, 0.717) is 18.1 Å². The van der Waals surface area contributed by atoms with Crippen molar-refractivity contribution in [3.63, 3.8) is 0 Å². The zero-order valence-corrected chi connectivity index (χ0v) is 15.2. The zero-order chi connectivity index (χ0) is 18.4. The van der Waals surface area contributed by atoms with Crippen LogP contribution in [0.2, 0.25) is 0 Å². The monoisotopic (exact) mass is 374 g/mol. The molecule has 0 atom stereocenters. The average Bonchev–Trinajstić information content (AvgIpc) is 3.14. The van der Waals surface area contributed by atoms with Gasteiger partial charge in [-0.1, -0.05) is 6.08 Å². The van der Waals surface area contributed by atoms with Gasteiger partial charge in [0.2, 0.25) is 0 Å². The maximum absolute atomic E-state index is 12.5. The summed E-state index contributed by atoms with van der Waals surface area (Å²) in [4.78, 5) is 0.145. The Morgan fingerprint density at radius 2 is 1.73 bits per heavy atom. The standard InChI is InChI=1S/C18H22N4O3S/c1-2-13-19-17-11-12-18(21-20-17)22-26(23,24)16-9-7-15(8-10-16)25-14-5-3-4-6-14/h2,7-12,14H,1,3-6,13H2,(H,19,20)(H,21,22). The number of aromatic nitrogens is 2. The van der Waals surface area contributed by atoms with Gasteiger partial charge in [0.15, 0.2) is 5.82 Å². The summed E-state index contributed by atoms with van der Waals surface area (Å²) in [6.07, 6.45) is 6.40. The van der Waals surface area contributed by atoms with E-state index in [1.54, 1.807) is 30.3 Å². The molecule has 0 saturated heterocycles. The third kappa shape index (κ3) is 4.72. The Morgan fingerprint density at radius 3 is 2.35 bits per heavy atom. The van der Waals surface area contributed by atoms with Crippen LogP contribution in [0.4, 0.5) is 11.6 Å². The van der Waals surface area contributed by atoms with E-state index in [2.05, 4.69) is 26.8 Å². The highest BCUT2D eigenvalue weighted by molar-refractivity contribution is 7.92. The van der Waals surface area contributed by atoms with Gasteiger partial charge in [0.25, 0.3) is 10.0 Å². The molecular weight excluding hydrogens is 352 g/mol. The number of hydrogen-bond donors (Lipinski definition) is 2. The van der Waals surface area contributed by atoms with E-state index in [-0.39, 0.29) is 16.8 Å². The first-order valence-corrected chi connectivity index (χ1v) is 10.0. The molecule has 1 aromatic carbocycles. The number of ether oxygens (including phenoxy) is 1. The molecule has 26 heavy (non-hydrogen) atoms. The van der Waals surface area contributed by atoms with Crippen molar-refractivity contribution in [1.29, 1.82) is 0 Å². The van der Waals surface area contributed by atoms with E-state index >= 15 is 0 Å². The summed E-state index contributed by atoms with van der Waals surface area (Å²) in [5.74, 6) is 1.38. The zero-order valence-electron chi connectivity index (χ0n) is 14.4. The number of nitrogens with one attached hydrogen (secondary N) is 2. The minimum atomic E-state index is -3.73. The Labute approximate surface area is 153 Å². The van der Waals surface area contributed by atoms with Crippen LogP contribution in [-0.4, -0.2) is 31.3 Å². The minimum absolute atomic E-state index is 0.145. The van der Waals surface area contributed by atoms with E-state index in [9.17, 15) is 8.42 Å². The number of nitrogens with zero attached hydrogens (tertiary/aromatic N) is 2. The maximum atomic E-state index is 12.5. The van der Waals surface area contributed by atoms with Gasteiger partial charge in [-0.05, 0) is 62.1 Å². The molecular formula is C18H22N4O3S. The van der Waals surface area contributed by atoms with Crippen LogP contribution in [0, 0.1) is 0 Å². The van der Waals surface area contributed by atoms with Crippen LogP contribution in [0.3, 0.4) is 0 Å². The molecule has 0 unspecified atom stereocenters. The number of hydrogen-bond acceptors (Lipinski definition) is 6. The van der Waals surface area contributed by atoms with Crippen LogP contribution in [0.25, 0.3) is 0 Å². The fraction of sp³-hybridized carbons (Fsp3) is 0.333. The molecule has 1 saturated carbocycles. The summed E-state index contributed by atoms with van der Waals surface area (Å²) < 4.78 is 33.2. The predicted octanol–water partition coefficient (Wildman–Crippen LogP) is 3.20. The second kappa shape index (κ2) is 8.18. The number of benzene rings is 1. The summed E-state index contributed by atoms with van der Waals surface area (Å²) in [6, 6.07) is 9.61. The van der Waals surface area contributed by atoms with Crippen LogP contribution in [0.1, 0.15) is 25.7 Å². The van der Waals surface area contributed by atoms with Gasteiger partial charge in [-0.25, -0.2) is 8.42 Å². The van der Waals surface area contributed by atoms with Crippen molar-refractivity contribution < 1.29 is 13.2 Å². The van der Waals surface area contributed by atoms with Crippen LogP contribution >= 0.6 is 0 Å². The number of sulfonamides is 1. The fourth-order valence-electron chi connectivity index (χ4n) is 2.75. The van der Waals surface area contributed by atoms with Gasteiger partial charge >= 0.3 is 0 Å². The Morgan fingerprint density at radius 1 is 1.08 bits per heavy atom. The lowest BCUT2D eigenvalue weighted by Gasteiger charge is -2.13. The lowest BCUT2D eigenvalue weighted by molar-refractivity contribution is 0.210. The molecule has 3 rings (SSSR count).